The average Bonchev–Trinajstić information content (AvgIpc) is 2.52. The van der Waals surface area contributed by atoms with E-state index in [1.807, 2.05) is 6.20 Å². The van der Waals surface area contributed by atoms with Crippen LogP contribution in [0.5, 0.6) is 0 Å². The number of aromatic nitrogens is 2. The first-order chi connectivity index (χ1) is 10.4. The van der Waals surface area contributed by atoms with Crippen LogP contribution in [0.1, 0.15) is 56.0 Å². The van der Waals surface area contributed by atoms with Gasteiger partial charge in [0.25, 0.3) is 0 Å². The molecule has 110 valence electrons. The van der Waals surface area contributed by atoms with Gasteiger partial charge in [0.1, 0.15) is 10.9 Å². The lowest BCUT2D eigenvalue weighted by molar-refractivity contribution is 0.619. The second kappa shape index (κ2) is 7.08. The zero-order valence-electron chi connectivity index (χ0n) is 12.6. The van der Waals surface area contributed by atoms with Crippen LogP contribution in [-0.2, 0) is 12.8 Å². The SMILES string of the molecule is CCCCCCCc1ncc2c(n1)Sc1ccccc1C2. The molecule has 0 aliphatic carbocycles. The molecule has 3 rings (SSSR count). The third-order valence-corrected chi connectivity index (χ3v) is 5.10. The lowest BCUT2D eigenvalue weighted by Gasteiger charge is -2.17. The van der Waals surface area contributed by atoms with Crippen LogP contribution >= 0.6 is 11.8 Å². The Morgan fingerprint density at radius 2 is 1.90 bits per heavy atom. The molecule has 0 unspecified atom stereocenters. The first-order valence-electron chi connectivity index (χ1n) is 7.97. The van der Waals surface area contributed by atoms with Gasteiger partial charge in [-0.05, 0) is 18.1 Å². The van der Waals surface area contributed by atoms with Gasteiger partial charge in [0.05, 0.1) is 0 Å². The number of benzene rings is 1. The molecule has 2 nitrogen and oxygen atoms in total. The number of unbranched alkanes of at least 4 members (excludes halogenated alkanes) is 4. The molecule has 1 aromatic carbocycles. The third-order valence-electron chi connectivity index (χ3n) is 3.94. The van der Waals surface area contributed by atoms with Gasteiger partial charge in [-0.25, -0.2) is 9.97 Å². The third kappa shape index (κ3) is 3.65. The molecule has 0 spiro atoms. The normalized spacial score (nSPS) is 12.8. The summed E-state index contributed by atoms with van der Waals surface area (Å²) in [6, 6.07) is 8.60. The molecule has 0 fully saturated rings. The van der Waals surface area contributed by atoms with E-state index in [1.165, 1.54) is 48.1 Å². The van der Waals surface area contributed by atoms with Crippen LogP contribution in [0.15, 0.2) is 40.4 Å². The van der Waals surface area contributed by atoms with E-state index in [9.17, 15) is 0 Å². The summed E-state index contributed by atoms with van der Waals surface area (Å²) in [5, 5.41) is 1.16. The standard InChI is InChI=1S/C18H22N2S/c1-2-3-4-5-6-11-17-19-13-15-12-14-9-7-8-10-16(14)21-18(15)20-17/h7-10,13H,2-6,11-12H2,1H3. The van der Waals surface area contributed by atoms with E-state index in [1.54, 1.807) is 11.8 Å². The van der Waals surface area contributed by atoms with Crippen LogP contribution in [0.2, 0.25) is 0 Å². The molecule has 0 atom stereocenters. The summed E-state index contributed by atoms with van der Waals surface area (Å²) < 4.78 is 0. The van der Waals surface area contributed by atoms with Crippen molar-refractivity contribution in [3.8, 4) is 0 Å². The Hall–Kier alpha value is -1.35. The van der Waals surface area contributed by atoms with Crippen molar-refractivity contribution in [3.63, 3.8) is 0 Å². The van der Waals surface area contributed by atoms with E-state index < -0.39 is 0 Å². The highest BCUT2D eigenvalue weighted by atomic mass is 32.2. The summed E-state index contributed by atoms with van der Waals surface area (Å²) in [7, 11) is 0. The van der Waals surface area contributed by atoms with E-state index in [0.717, 1.165) is 23.7 Å². The van der Waals surface area contributed by atoms with Crippen LogP contribution in [-0.4, -0.2) is 9.97 Å². The molecule has 0 saturated heterocycles. The molecule has 0 N–H and O–H groups in total. The molecule has 2 aromatic rings. The minimum absolute atomic E-state index is 0.968. The van der Waals surface area contributed by atoms with Gasteiger partial charge in [-0.3, -0.25) is 0 Å². The summed E-state index contributed by atoms with van der Waals surface area (Å²) in [6.07, 6.45) is 10.5. The Morgan fingerprint density at radius 1 is 1.05 bits per heavy atom. The van der Waals surface area contributed by atoms with Crippen molar-refractivity contribution in [2.24, 2.45) is 0 Å². The Kier molecular flexibility index (Phi) is 4.91. The smallest absolute Gasteiger partial charge is 0.129 e. The summed E-state index contributed by atoms with van der Waals surface area (Å²) in [6.45, 7) is 2.25. The fraction of sp³-hybridized carbons (Fsp3) is 0.444. The van der Waals surface area contributed by atoms with Crippen molar-refractivity contribution in [2.75, 3.05) is 0 Å². The van der Waals surface area contributed by atoms with Crippen LogP contribution in [0.25, 0.3) is 0 Å². The molecule has 0 radical (unpaired) electrons. The zero-order valence-corrected chi connectivity index (χ0v) is 13.5. The average molecular weight is 298 g/mol. The van der Waals surface area contributed by atoms with Crippen molar-refractivity contribution in [2.45, 2.75) is 61.8 Å². The molecule has 3 heteroatoms. The number of nitrogens with zero attached hydrogens (tertiary/aromatic N) is 2. The highest BCUT2D eigenvalue weighted by Crippen LogP contribution is 2.37. The topological polar surface area (TPSA) is 25.8 Å². The highest BCUT2D eigenvalue weighted by Gasteiger charge is 2.17. The summed E-state index contributed by atoms with van der Waals surface area (Å²) in [4.78, 5) is 10.7. The predicted molar refractivity (Wildman–Crippen MR) is 87.9 cm³/mol. The van der Waals surface area contributed by atoms with E-state index in [-0.39, 0.29) is 0 Å². The quantitative estimate of drug-likeness (QED) is 0.470. The van der Waals surface area contributed by atoms with E-state index in [0.29, 0.717) is 0 Å². The van der Waals surface area contributed by atoms with Gasteiger partial charge in [0.15, 0.2) is 0 Å². The van der Waals surface area contributed by atoms with Crippen molar-refractivity contribution in [1.29, 1.82) is 0 Å². The van der Waals surface area contributed by atoms with Crippen LogP contribution in [0, 0.1) is 0 Å². The number of hydrogen-bond donors (Lipinski definition) is 0. The first-order valence-corrected chi connectivity index (χ1v) is 8.79. The van der Waals surface area contributed by atoms with Crippen molar-refractivity contribution in [1.82, 2.24) is 9.97 Å². The predicted octanol–water partition coefficient (Wildman–Crippen LogP) is 5.04. The highest BCUT2D eigenvalue weighted by molar-refractivity contribution is 7.99. The van der Waals surface area contributed by atoms with Gasteiger partial charge in [-0.15, -0.1) is 0 Å². The first kappa shape index (κ1) is 14.6. The minimum Gasteiger partial charge on any atom is -0.241 e. The van der Waals surface area contributed by atoms with Crippen LogP contribution < -0.4 is 0 Å². The maximum atomic E-state index is 4.78. The van der Waals surface area contributed by atoms with E-state index >= 15 is 0 Å². The Bertz CT molecular complexity index is 610. The monoisotopic (exact) mass is 298 g/mol. The van der Waals surface area contributed by atoms with Gasteiger partial charge in [-0.1, -0.05) is 62.6 Å². The summed E-state index contributed by atoms with van der Waals surface area (Å²) in [5.41, 5.74) is 2.67. The number of fused-ring (bicyclic) bond motifs is 2. The van der Waals surface area contributed by atoms with Gasteiger partial charge in [-0.2, -0.15) is 0 Å². The molecular formula is C18H22N2S. The fourth-order valence-electron chi connectivity index (χ4n) is 2.70. The second-order valence-electron chi connectivity index (χ2n) is 5.67. The Labute approximate surface area is 131 Å². The summed E-state index contributed by atoms with van der Waals surface area (Å²) >= 11 is 1.79. The lowest BCUT2D eigenvalue weighted by Crippen LogP contribution is -2.05. The van der Waals surface area contributed by atoms with Gasteiger partial charge >= 0.3 is 0 Å². The molecule has 2 heterocycles. The maximum absolute atomic E-state index is 4.78. The van der Waals surface area contributed by atoms with Crippen molar-refractivity contribution in [3.05, 3.63) is 47.4 Å². The lowest BCUT2D eigenvalue weighted by atomic mass is 10.1. The maximum Gasteiger partial charge on any atom is 0.129 e. The molecule has 0 bridgehead atoms. The molecule has 1 aromatic heterocycles. The largest absolute Gasteiger partial charge is 0.241 e. The second-order valence-corrected chi connectivity index (χ2v) is 6.70. The van der Waals surface area contributed by atoms with E-state index in [2.05, 4.69) is 36.2 Å². The van der Waals surface area contributed by atoms with E-state index in [4.69, 9.17) is 4.98 Å². The zero-order chi connectivity index (χ0) is 14.5. The molecule has 21 heavy (non-hydrogen) atoms. The number of rotatable bonds is 6. The molecule has 0 amide bonds. The van der Waals surface area contributed by atoms with Crippen LogP contribution in [0.4, 0.5) is 0 Å². The molecular weight excluding hydrogens is 276 g/mol. The number of aryl methyl sites for hydroxylation is 1. The molecule has 0 saturated carbocycles. The van der Waals surface area contributed by atoms with Crippen molar-refractivity contribution < 1.29 is 0 Å². The van der Waals surface area contributed by atoms with Gasteiger partial charge in [0.2, 0.25) is 0 Å². The van der Waals surface area contributed by atoms with Gasteiger partial charge in [0, 0.05) is 29.5 Å². The van der Waals surface area contributed by atoms with Crippen LogP contribution in [0.3, 0.4) is 0 Å². The molecule has 1 aliphatic heterocycles. The Morgan fingerprint density at radius 3 is 2.81 bits per heavy atom. The number of hydrogen-bond acceptors (Lipinski definition) is 3. The fourth-order valence-corrected chi connectivity index (χ4v) is 3.73. The molecule has 1 aliphatic rings. The van der Waals surface area contributed by atoms with Crippen molar-refractivity contribution >= 4 is 11.8 Å². The Balaban J connectivity index is 1.63. The minimum atomic E-state index is 0.968. The summed E-state index contributed by atoms with van der Waals surface area (Å²) in [5.74, 6) is 1.01. The van der Waals surface area contributed by atoms with Gasteiger partial charge < -0.3 is 0 Å².